The summed E-state index contributed by atoms with van der Waals surface area (Å²) in [6.45, 7) is 2.08. The molecule has 0 unspecified atom stereocenters. The number of aryl methyl sites for hydroxylation is 1. The molecule has 17 heavy (non-hydrogen) atoms. The lowest BCUT2D eigenvalue weighted by atomic mass is 10.0. The number of methoxy groups -OCH3 is 1. The van der Waals surface area contributed by atoms with E-state index in [1.54, 1.807) is 7.11 Å². The zero-order valence-electron chi connectivity index (χ0n) is 10.0. The fourth-order valence-electron chi connectivity index (χ4n) is 1.86. The Morgan fingerprint density at radius 2 is 1.94 bits per heavy atom. The summed E-state index contributed by atoms with van der Waals surface area (Å²) in [6.07, 6.45) is 0.903. The van der Waals surface area contributed by atoms with Crippen LogP contribution in [0.5, 0.6) is 5.75 Å². The van der Waals surface area contributed by atoms with Gasteiger partial charge in [0.25, 0.3) is 0 Å². The lowest BCUT2D eigenvalue weighted by Gasteiger charge is -2.08. The first kappa shape index (κ1) is 12.0. The van der Waals surface area contributed by atoms with Gasteiger partial charge in [-0.2, -0.15) is 0 Å². The van der Waals surface area contributed by atoms with E-state index >= 15 is 0 Å². The van der Waals surface area contributed by atoms with E-state index in [4.69, 9.17) is 16.3 Å². The van der Waals surface area contributed by atoms with Gasteiger partial charge in [0.15, 0.2) is 0 Å². The van der Waals surface area contributed by atoms with Gasteiger partial charge in [-0.15, -0.1) is 0 Å². The van der Waals surface area contributed by atoms with Gasteiger partial charge in [-0.3, -0.25) is 0 Å². The second-order valence-electron chi connectivity index (χ2n) is 4.10. The predicted molar refractivity (Wildman–Crippen MR) is 72.0 cm³/mol. The van der Waals surface area contributed by atoms with E-state index < -0.39 is 0 Å². The topological polar surface area (TPSA) is 9.23 Å². The molecule has 0 N–H and O–H groups in total. The van der Waals surface area contributed by atoms with Crippen LogP contribution in [0.15, 0.2) is 42.5 Å². The molecule has 2 aromatic carbocycles. The first-order chi connectivity index (χ1) is 8.19. The normalized spacial score (nSPS) is 10.3. The van der Waals surface area contributed by atoms with Crippen LogP contribution in [-0.2, 0) is 6.42 Å². The maximum Gasteiger partial charge on any atom is 0.119 e. The molecule has 0 atom stereocenters. The van der Waals surface area contributed by atoms with Crippen LogP contribution in [0.3, 0.4) is 0 Å². The summed E-state index contributed by atoms with van der Waals surface area (Å²) >= 11 is 5.95. The van der Waals surface area contributed by atoms with Crippen molar-refractivity contribution in [3.8, 4) is 5.75 Å². The van der Waals surface area contributed by atoms with Gasteiger partial charge in [0, 0.05) is 5.02 Å². The number of benzene rings is 2. The lowest BCUT2D eigenvalue weighted by molar-refractivity contribution is 0.414. The molecule has 0 radical (unpaired) electrons. The molecule has 0 aliphatic carbocycles. The number of hydrogen-bond donors (Lipinski definition) is 0. The van der Waals surface area contributed by atoms with Crippen molar-refractivity contribution in [3.63, 3.8) is 0 Å². The SMILES string of the molecule is COc1cccc(Cc2ccc(Cl)cc2C)c1. The van der Waals surface area contributed by atoms with E-state index in [1.807, 2.05) is 24.3 Å². The molecular weight excluding hydrogens is 232 g/mol. The van der Waals surface area contributed by atoms with Crippen LogP contribution < -0.4 is 4.74 Å². The fraction of sp³-hybridized carbons (Fsp3) is 0.200. The molecule has 0 saturated carbocycles. The van der Waals surface area contributed by atoms with Crippen molar-refractivity contribution in [3.05, 3.63) is 64.2 Å². The first-order valence-corrected chi connectivity index (χ1v) is 5.95. The Morgan fingerprint density at radius 1 is 1.12 bits per heavy atom. The highest BCUT2D eigenvalue weighted by molar-refractivity contribution is 6.30. The molecule has 0 aromatic heterocycles. The average molecular weight is 247 g/mol. The summed E-state index contributed by atoms with van der Waals surface area (Å²) in [6, 6.07) is 14.2. The zero-order chi connectivity index (χ0) is 12.3. The molecule has 0 aliphatic rings. The summed E-state index contributed by atoms with van der Waals surface area (Å²) in [7, 11) is 1.69. The highest BCUT2D eigenvalue weighted by atomic mass is 35.5. The second kappa shape index (κ2) is 5.24. The largest absolute Gasteiger partial charge is 0.497 e. The quantitative estimate of drug-likeness (QED) is 0.787. The Kier molecular flexibility index (Phi) is 3.70. The van der Waals surface area contributed by atoms with Crippen molar-refractivity contribution < 1.29 is 4.74 Å². The van der Waals surface area contributed by atoms with Crippen LogP contribution in [0.4, 0.5) is 0 Å². The van der Waals surface area contributed by atoms with Gasteiger partial charge >= 0.3 is 0 Å². The summed E-state index contributed by atoms with van der Waals surface area (Å²) in [5, 5.41) is 0.789. The predicted octanol–water partition coefficient (Wildman–Crippen LogP) is 4.25. The van der Waals surface area contributed by atoms with Crippen molar-refractivity contribution in [1.82, 2.24) is 0 Å². The van der Waals surface area contributed by atoms with E-state index in [1.165, 1.54) is 16.7 Å². The Hall–Kier alpha value is -1.47. The Morgan fingerprint density at radius 3 is 2.65 bits per heavy atom. The van der Waals surface area contributed by atoms with Gasteiger partial charge < -0.3 is 4.74 Å². The van der Waals surface area contributed by atoms with Gasteiger partial charge in [0.2, 0.25) is 0 Å². The number of hydrogen-bond acceptors (Lipinski definition) is 1. The van der Waals surface area contributed by atoms with Crippen molar-refractivity contribution in [2.45, 2.75) is 13.3 Å². The highest BCUT2D eigenvalue weighted by Crippen LogP contribution is 2.20. The number of ether oxygens (including phenoxy) is 1. The minimum Gasteiger partial charge on any atom is -0.497 e. The van der Waals surface area contributed by atoms with E-state index in [2.05, 4.69) is 25.1 Å². The van der Waals surface area contributed by atoms with Gasteiger partial charge in [-0.05, 0) is 54.3 Å². The van der Waals surface area contributed by atoms with E-state index in [9.17, 15) is 0 Å². The first-order valence-electron chi connectivity index (χ1n) is 5.57. The van der Waals surface area contributed by atoms with Gasteiger partial charge in [0.1, 0.15) is 5.75 Å². The fourth-order valence-corrected chi connectivity index (χ4v) is 2.09. The summed E-state index contributed by atoms with van der Waals surface area (Å²) in [4.78, 5) is 0. The Labute approximate surface area is 107 Å². The molecule has 88 valence electrons. The summed E-state index contributed by atoms with van der Waals surface area (Å²) in [5.74, 6) is 0.897. The molecule has 2 aromatic rings. The van der Waals surface area contributed by atoms with Crippen LogP contribution in [-0.4, -0.2) is 7.11 Å². The maximum atomic E-state index is 5.95. The van der Waals surface area contributed by atoms with E-state index in [0.29, 0.717) is 0 Å². The molecule has 0 heterocycles. The molecule has 0 spiro atoms. The monoisotopic (exact) mass is 246 g/mol. The third-order valence-electron chi connectivity index (χ3n) is 2.83. The maximum absolute atomic E-state index is 5.95. The van der Waals surface area contributed by atoms with E-state index in [-0.39, 0.29) is 0 Å². The van der Waals surface area contributed by atoms with Crippen molar-refractivity contribution in [2.24, 2.45) is 0 Å². The summed E-state index contributed by atoms with van der Waals surface area (Å²) < 4.78 is 5.22. The molecule has 2 rings (SSSR count). The third kappa shape index (κ3) is 3.01. The van der Waals surface area contributed by atoms with Crippen LogP contribution in [0.25, 0.3) is 0 Å². The van der Waals surface area contributed by atoms with Crippen LogP contribution in [0, 0.1) is 6.92 Å². The standard InChI is InChI=1S/C15H15ClO/c1-11-8-14(16)7-6-13(11)9-12-4-3-5-15(10-12)17-2/h3-8,10H,9H2,1-2H3. The summed E-state index contributed by atoms with van der Waals surface area (Å²) in [5.41, 5.74) is 3.76. The molecule has 0 bridgehead atoms. The van der Waals surface area contributed by atoms with Gasteiger partial charge in [-0.1, -0.05) is 29.8 Å². The third-order valence-corrected chi connectivity index (χ3v) is 3.07. The molecular formula is C15H15ClO. The van der Waals surface area contributed by atoms with E-state index in [0.717, 1.165) is 17.2 Å². The van der Waals surface area contributed by atoms with Crippen LogP contribution in [0.1, 0.15) is 16.7 Å². The Bertz CT molecular complexity index is 520. The van der Waals surface area contributed by atoms with Crippen molar-refractivity contribution in [1.29, 1.82) is 0 Å². The van der Waals surface area contributed by atoms with Gasteiger partial charge in [0.05, 0.1) is 7.11 Å². The highest BCUT2D eigenvalue weighted by Gasteiger charge is 2.02. The van der Waals surface area contributed by atoms with Crippen LogP contribution in [0.2, 0.25) is 5.02 Å². The minimum absolute atomic E-state index is 0.789. The van der Waals surface area contributed by atoms with Crippen molar-refractivity contribution >= 4 is 11.6 Å². The Balaban J connectivity index is 2.25. The zero-order valence-corrected chi connectivity index (χ0v) is 10.8. The number of halogens is 1. The lowest BCUT2D eigenvalue weighted by Crippen LogP contribution is -1.92. The minimum atomic E-state index is 0.789. The van der Waals surface area contributed by atoms with Crippen LogP contribution >= 0.6 is 11.6 Å². The molecule has 2 heteroatoms. The molecule has 0 aliphatic heterocycles. The smallest absolute Gasteiger partial charge is 0.119 e. The molecule has 1 nitrogen and oxygen atoms in total. The number of rotatable bonds is 3. The second-order valence-corrected chi connectivity index (χ2v) is 4.54. The molecule has 0 amide bonds. The van der Waals surface area contributed by atoms with Crippen molar-refractivity contribution in [2.75, 3.05) is 7.11 Å². The molecule has 0 fully saturated rings. The molecule has 0 saturated heterocycles. The average Bonchev–Trinajstić information content (AvgIpc) is 2.33. The van der Waals surface area contributed by atoms with Gasteiger partial charge in [-0.25, -0.2) is 0 Å².